The van der Waals surface area contributed by atoms with E-state index in [2.05, 4.69) is 28.7 Å². The van der Waals surface area contributed by atoms with Crippen molar-refractivity contribution in [2.75, 3.05) is 45.3 Å². The molecule has 0 saturated carbocycles. The molecule has 8 heteroatoms. The molecule has 0 unspecified atom stereocenters. The second kappa shape index (κ2) is 7.87. The van der Waals surface area contributed by atoms with Crippen molar-refractivity contribution in [3.8, 4) is 11.5 Å². The van der Waals surface area contributed by atoms with Crippen LogP contribution in [-0.2, 0) is 0 Å². The van der Waals surface area contributed by atoms with Crippen molar-refractivity contribution in [2.45, 2.75) is 13.8 Å². The molecule has 152 valence electrons. The lowest BCUT2D eigenvalue weighted by molar-refractivity contribution is 0.0739. The topological polar surface area (TPSA) is 67.8 Å². The van der Waals surface area contributed by atoms with Gasteiger partial charge >= 0.3 is 0 Å². The Bertz CT molecular complexity index is 1040. The predicted molar refractivity (Wildman–Crippen MR) is 115 cm³/mol. The fraction of sp³-hybridized carbons (Fsp3) is 0.381. The van der Waals surface area contributed by atoms with E-state index in [-0.39, 0.29) is 5.91 Å². The van der Waals surface area contributed by atoms with Gasteiger partial charge in [0, 0.05) is 31.1 Å². The van der Waals surface area contributed by atoms with E-state index >= 15 is 0 Å². The van der Waals surface area contributed by atoms with Crippen LogP contribution >= 0.6 is 11.3 Å². The van der Waals surface area contributed by atoms with Crippen molar-refractivity contribution in [1.82, 2.24) is 14.9 Å². The Kier molecular flexibility index (Phi) is 5.27. The monoisotopic (exact) mass is 412 g/mol. The number of carbonyl (C=O) groups is 1. The summed E-state index contributed by atoms with van der Waals surface area (Å²) in [5, 5.41) is 1.13. The number of piperazine rings is 1. The van der Waals surface area contributed by atoms with Crippen LogP contribution in [0.4, 0.5) is 5.82 Å². The molecule has 0 radical (unpaired) electrons. The van der Waals surface area contributed by atoms with Gasteiger partial charge < -0.3 is 19.3 Å². The summed E-state index contributed by atoms with van der Waals surface area (Å²) < 4.78 is 10.8. The summed E-state index contributed by atoms with van der Waals surface area (Å²) in [6.07, 6.45) is 1.63. The maximum Gasteiger partial charge on any atom is 0.261 e. The van der Waals surface area contributed by atoms with Crippen LogP contribution in [-0.4, -0.2) is 61.2 Å². The fourth-order valence-corrected chi connectivity index (χ4v) is 4.74. The highest BCUT2D eigenvalue weighted by Crippen LogP contribution is 2.35. The average molecular weight is 413 g/mol. The molecular weight excluding hydrogens is 388 g/mol. The van der Waals surface area contributed by atoms with Gasteiger partial charge in [0.15, 0.2) is 0 Å². The summed E-state index contributed by atoms with van der Waals surface area (Å²) in [7, 11) is 3.13. The molecule has 1 aliphatic rings. The second-order valence-electron chi connectivity index (χ2n) is 6.98. The molecule has 3 aromatic rings. The summed E-state index contributed by atoms with van der Waals surface area (Å²) in [5.74, 6) is 1.94. The third-order valence-electron chi connectivity index (χ3n) is 5.45. The number of thiophene rings is 1. The molecule has 3 heterocycles. The number of aromatic nitrogens is 2. The summed E-state index contributed by atoms with van der Waals surface area (Å²) in [6.45, 7) is 6.87. The minimum absolute atomic E-state index is 0.0747. The van der Waals surface area contributed by atoms with E-state index in [4.69, 9.17) is 9.47 Å². The third kappa shape index (κ3) is 3.37. The Morgan fingerprint density at radius 1 is 1.03 bits per heavy atom. The van der Waals surface area contributed by atoms with Crippen LogP contribution in [0.15, 0.2) is 24.5 Å². The summed E-state index contributed by atoms with van der Waals surface area (Å²) in [4.78, 5) is 28.6. The van der Waals surface area contributed by atoms with Gasteiger partial charge in [0.05, 0.1) is 19.6 Å². The summed E-state index contributed by atoms with van der Waals surface area (Å²) in [5.41, 5.74) is 1.71. The Balaban J connectivity index is 1.56. The van der Waals surface area contributed by atoms with Gasteiger partial charge in [-0.25, -0.2) is 9.97 Å². The second-order valence-corrected chi connectivity index (χ2v) is 8.18. The number of rotatable bonds is 4. The van der Waals surface area contributed by atoms with Crippen LogP contribution in [0.25, 0.3) is 10.2 Å². The van der Waals surface area contributed by atoms with Crippen molar-refractivity contribution in [3.05, 3.63) is 40.5 Å². The molecule has 0 bridgehead atoms. The zero-order valence-corrected chi connectivity index (χ0v) is 17.9. The van der Waals surface area contributed by atoms with Crippen molar-refractivity contribution in [2.24, 2.45) is 0 Å². The number of fused-ring (bicyclic) bond motifs is 1. The fourth-order valence-electron chi connectivity index (χ4n) is 3.75. The largest absolute Gasteiger partial charge is 0.496 e. The van der Waals surface area contributed by atoms with Gasteiger partial charge in [0.1, 0.15) is 34.0 Å². The van der Waals surface area contributed by atoms with Gasteiger partial charge in [-0.1, -0.05) is 6.07 Å². The molecule has 29 heavy (non-hydrogen) atoms. The van der Waals surface area contributed by atoms with E-state index in [1.165, 1.54) is 10.4 Å². The number of aryl methyl sites for hydroxylation is 2. The van der Waals surface area contributed by atoms with E-state index in [1.807, 2.05) is 11.0 Å². The van der Waals surface area contributed by atoms with Gasteiger partial charge in [-0.3, -0.25) is 4.79 Å². The maximum atomic E-state index is 13.2. The molecule has 1 fully saturated rings. The molecule has 0 N–H and O–H groups in total. The van der Waals surface area contributed by atoms with E-state index in [1.54, 1.807) is 44.0 Å². The first-order chi connectivity index (χ1) is 14.0. The average Bonchev–Trinajstić information content (AvgIpc) is 3.06. The minimum atomic E-state index is -0.0747. The number of amides is 1. The van der Waals surface area contributed by atoms with Crippen LogP contribution in [0.3, 0.4) is 0 Å². The molecule has 0 atom stereocenters. The van der Waals surface area contributed by atoms with Crippen molar-refractivity contribution < 1.29 is 14.3 Å². The Labute approximate surface area is 173 Å². The maximum absolute atomic E-state index is 13.2. The van der Waals surface area contributed by atoms with E-state index in [0.29, 0.717) is 43.2 Å². The van der Waals surface area contributed by atoms with Crippen LogP contribution in [0, 0.1) is 13.8 Å². The first-order valence-electron chi connectivity index (χ1n) is 9.51. The Morgan fingerprint density at radius 2 is 1.69 bits per heavy atom. The molecule has 1 saturated heterocycles. The number of methoxy groups -OCH3 is 2. The number of nitrogens with zero attached hydrogens (tertiary/aromatic N) is 4. The van der Waals surface area contributed by atoms with Crippen LogP contribution < -0.4 is 14.4 Å². The first-order valence-corrected chi connectivity index (χ1v) is 10.3. The molecule has 1 aromatic carbocycles. The van der Waals surface area contributed by atoms with Crippen LogP contribution in [0.1, 0.15) is 20.8 Å². The molecule has 0 spiro atoms. The SMILES string of the molecule is COc1cccc(OC)c1C(=O)N1CCN(c2ncnc3sc(C)c(C)c23)CC1. The van der Waals surface area contributed by atoms with Crippen molar-refractivity contribution >= 4 is 33.3 Å². The number of carbonyl (C=O) groups excluding carboxylic acids is 1. The lowest BCUT2D eigenvalue weighted by Gasteiger charge is -2.36. The number of anilines is 1. The molecule has 7 nitrogen and oxygen atoms in total. The lowest BCUT2D eigenvalue weighted by Crippen LogP contribution is -2.49. The molecule has 4 rings (SSSR count). The van der Waals surface area contributed by atoms with Gasteiger partial charge in [-0.15, -0.1) is 11.3 Å². The number of hydrogen-bond donors (Lipinski definition) is 0. The summed E-state index contributed by atoms with van der Waals surface area (Å²) >= 11 is 1.70. The highest BCUT2D eigenvalue weighted by Gasteiger charge is 2.28. The number of hydrogen-bond acceptors (Lipinski definition) is 7. The van der Waals surface area contributed by atoms with Crippen LogP contribution in [0.2, 0.25) is 0 Å². The Morgan fingerprint density at radius 3 is 2.31 bits per heavy atom. The molecule has 0 aliphatic carbocycles. The van der Waals surface area contributed by atoms with Crippen LogP contribution in [0.5, 0.6) is 11.5 Å². The van der Waals surface area contributed by atoms with Gasteiger partial charge in [0.25, 0.3) is 5.91 Å². The smallest absolute Gasteiger partial charge is 0.261 e. The quantitative estimate of drug-likeness (QED) is 0.655. The van der Waals surface area contributed by atoms with Crippen molar-refractivity contribution in [3.63, 3.8) is 0 Å². The van der Waals surface area contributed by atoms with E-state index in [9.17, 15) is 4.79 Å². The third-order valence-corrected chi connectivity index (χ3v) is 6.57. The highest BCUT2D eigenvalue weighted by atomic mass is 32.1. The lowest BCUT2D eigenvalue weighted by atomic mass is 10.1. The molecular formula is C21H24N4O3S. The number of ether oxygens (including phenoxy) is 2. The molecule has 2 aromatic heterocycles. The first kappa shape index (κ1) is 19.4. The van der Waals surface area contributed by atoms with Gasteiger partial charge in [-0.05, 0) is 31.5 Å². The number of benzene rings is 1. The standard InChI is InChI=1S/C21H24N4O3S/c1-13-14(2)29-20-17(13)19(22-12-23-20)24-8-10-25(11-9-24)21(26)18-15(27-3)6-5-7-16(18)28-4/h5-7,12H,8-11H2,1-4H3. The van der Waals surface area contributed by atoms with Gasteiger partial charge in [0.2, 0.25) is 0 Å². The van der Waals surface area contributed by atoms with Gasteiger partial charge in [-0.2, -0.15) is 0 Å². The zero-order chi connectivity index (χ0) is 20.5. The van der Waals surface area contributed by atoms with E-state index in [0.717, 1.165) is 16.0 Å². The zero-order valence-electron chi connectivity index (χ0n) is 17.1. The summed E-state index contributed by atoms with van der Waals surface area (Å²) in [6, 6.07) is 5.38. The molecule has 1 aliphatic heterocycles. The minimum Gasteiger partial charge on any atom is -0.496 e. The predicted octanol–water partition coefficient (Wildman–Crippen LogP) is 3.29. The highest BCUT2D eigenvalue weighted by molar-refractivity contribution is 7.18. The normalized spacial score (nSPS) is 14.3. The van der Waals surface area contributed by atoms with E-state index < -0.39 is 0 Å². The van der Waals surface area contributed by atoms with Crippen molar-refractivity contribution in [1.29, 1.82) is 0 Å². The molecule has 1 amide bonds. The Hall–Kier alpha value is -2.87.